The molecule has 0 bridgehead atoms. The van der Waals surface area contributed by atoms with E-state index in [1.54, 1.807) is 6.92 Å². The molecule has 0 fully saturated rings. The number of nitrogens with one attached hydrogen (secondary N) is 1. The van der Waals surface area contributed by atoms with Crippen LogP contribution in [0.25, 0.3) is 0 Å². The molecule has 1 atom stereocenters. The van der Waals surface area contributed by atoms with Gasteiger partial charge in [0, 0.05) is 6.04 Å². The minimum absolute atomic E-state index is 0.0281. The zero-order chi connectivity index (χ0) is 12.8. The van der Waals surface area contributed by atoms with E-state index < -0.39 is 5.97 Å². The second kappa shape index (κ2) is 6.12. The van der Waals surface area contributed by atoms with Gasteiger partial charge >= 0.3 is 5.97 Å². The van der Waals surface area contributed by atoms with E-state index in [-0.39, 0.29) is 12.5 Å². The molecule has 1 aromatic rings. The van der Waals surface area contributed by atoms with Crippen molar-refractivity contribution in [2.24, 2.45) is 0 Å². The molecule has 0 aliphatic heterocycles. The Morgan fingerprint density at radius 1 is 1.29 bits per heavy atom. The highest BCUT2D eigenvalue weighted by Gasteiger charge is 2.11. The maximum Gasteiger partial charge on any atom is 0.305 e. The van der Waals surface area contributed by atoms with Crippen molar-refractivity contribution < 1.29 is 9.90 Å². The zero-order valence-corrected chi connectivity index (χ0v) is 10.4. The molecule has 0 amide bonds. The fraction of sp³-hybridized carbons (Fsp3) is 0.636. The predicted molar refractivity (Wildman–Crippen MR) is 63.9 cm³/mol. The normalized spacial score (nSPS) is 12.2. The molecule has 1 rings (SSSR count). The Labute approximate surface area is 100 Å². The molecule has 0 radical (unpaired) electrons. The van der Waals surface area contributed by atoms with Crippen molar-refractivity contribution in [2.75, 3.05) is 5.32 Å². The Kier molecular flexibility index (Phi) is 4.81. The van der Waals surface area contributed by atoms with Gasteiger partial charge in [0.2, 0.25) is 5.95 Å². The van der Waals surface area contributed by atoms with Crippen molar-refractivity contribution in [3.63, 3.8) is 0 Å². The van der Waals surface area contributed by atoms with Crippen LogP contribution in [0.2, 0.25) is 0 Å². The van der Waals surface area contributed by atoms with Gasteiger partial charge in [-0.15, -0.1) is 5.10 Å². The molecule has 0 aliphatic carbocycles. The standard InChI is InChI=1S/C11H18N4O2/c1-4-8-9(5-2)14-15-11(13-8)12-7(3)6-10(16)17/h7H,4-6H2,1-3H3,(H,16,17)(H,12,13,15). The lowest BCUT2D eigenvalue weighted by atomic mass is 10.2. The van der Waals surface area contributed by atoms with Crippen LogP contribution in [0.3, 0.4) is 0 Å². The van der Waals surface area contributed by atoms with Gasteiger partial charge < -0.3 is 10.4 Å². The van der Waals surface area contributed by atoms with Gasteiger partial charge in [-0.25, -0.2) is 4.98 Å². The summed E-state index contributed by atoms with van der Waals surface area (Å²) in [5, 5.41) is 19.6. The number of aromatic nitrogens is 3. The summed E-state index contributed by atoms with van der Waals surface area (Å²) in [5.41, 5.74) is 1.80. The van der Waals surface area contributed by atoms with Crippen LogP contribution in [0.1, 0.15) is 38.6 Å². The molecule has 17 heavy (non-hydrogen) atoms. The molecule has 0 aromatic carbocycles. The number of nitrogens with zero attached hydrogens (tertiary/aromatic N) is 3. The van der Waals surface area contributed by atoms with E-state index in [9.17, 15) is 4.79 Å². The number of hydrogen-bond acceptors (Lipinski definition) is 5. The Morgan fingerprint density at radius 3 is 2.47 bits per heavy atom. The van der Waals surface area contributed by atoms with Crippen LogP contribution < -0.4 is 5.32 Å². The topological polar surface area (TPSA) is 88.0 Å². The fourth-order valence-corrected chi connectivity index (χ4v) is 1.53. The lowest BCUT2D eigenvalue weighted by molar-refractivity contribution is -0.137. The van der Waals surface area contributed by atoms with Gasteiger partial charge in [-0.1, -0.05) is 13.8 Å². The average molecular weight is 238 g/mol. The van der Waals surface area contributed by atoms with Gasteiger partial charge in [0.05, 0.1) is 17.8 Å². The number of anilines is 1. The molecular formula is C11H18N4O2. The van der Waals surface area contributed by atoms with E-state index >= 15 is 0 Å². The van der Waals surface area contributed by atoms with Crippen LogP contribution in [0.4, 0.5) is 5.95 Å². The van der Waals surface area contributed by atoms with E-state index in [1.165, 1.54) is 0 Å². The molecule has 6 heteroatoms. The molecule has 0 spiro atoms. The Morgan fingerprint density at radius 2 is 1.94 bits per heavy atom. The first kappa shape index (κ1) is 13.3. The molecule has 1 heterocycles. The number of hydrogen-bond donors (Lipinski definition) is 2. The smallest absolute Gasteiger partial charge is 0.305 e. The number of carboxylic acids is 1. The zero-order valence-electron chi connectivity index (χ0n) is 10.4. The number of aliphatic carboxylic acids is 1. The third-order valence-corrected chi connectivity index (χ3v) is 2.37. The SMILES string of the molecule is CCc1nnc(NC(C)CC(=O)O)nc1CC. The summed E-state index contributed by atoms with van der Waals surface area (Å²) in [6.07, 6.45) is 1.62. The van der Waals surface area contributed by atoms with Gasteiger partial charge in [-0.3, -0.25) is 4.79 Å². The average Bonchev–Trinajstić information content (AvgIpc) is 2.27. The van der Waals surface area contributed by atoms with Gasteiger partial charge in [-0.2, -0.15) is 5.10 Å². The maximum absolute atomic E-state index is 10.5. The van der Waals surface area contributed by atoms with E-state index in [4.69, 9.17) is 5.11 Å². The lowest BCUT2D eigenvalue weighted by Gasteiger charge is -2.12. The van der Waals surface area contributed by atoms with Crippen molar-refractivity contribution in [3.05, 3.63) is 11.4 Å². The summed E-state index contributed by atoms with van der Waals surface area (Å²) in [6, 6.07) is -0.216. The van der Waals surface area contributed by atoms with E-state index in [0.717, 1.165) is 24.2 Å². The van der Waals surface area contributed by atoms with Gasteiger partial charge in [-0.05, 0) is 19.8 Å². The first-order valence-electron chi connectivity index (χ1n) is 5.77. The minimum atomic E-state index is -0.848. The summed E-state index contributed by atoms with van der Waals surface area (Å²) < 4.78 is 0. The fourth-order valence-electron chi connectivity index (χ4n) is 1.53. The summed E-state index contributed by atoms with van der Waals surface area (Å²) in [7, 11) is 0. The molecule has 0 saturated carbocycles. The van der Waals surface area contributed by atoms with Crippen LogP contribution in [0.5, 0.6) is 0 Å². The Balaban J connectivity index is 2.75. The first-order chi connectivity index (χ1) is 8.06. The molecule has 2 N–H and O–H groups in total. The first-order valence-corrected chi connectivity index (χ1v) is 5.77. The Bertz CT molecular complexity index is 395. The molecule has 6 nitrogen and oxygen atoms in total. The summed E-state index contributed by atoms with van der Waals surface area (Å²) in [4.78, 5) is 14.9. The van der Waals surface area contributed by atoms with Crippen molar-refractivity contribution in [1.29, 1.82) is 0 Å². The largest absolute Gasteiger partial charge is 0.481 e. The summed E-state index contributed by atoms with van der Waals surface area (Å²) in [6.45, 7) is 5.79. The maximum atomic E-state index is 10.5. The second-order valence-electron chi connectivity index (χ2n) is 3.88. The minimum Gasteiger partial charge on any atom is -0.481 e. The highest BCUT2D eigenvalue weighted by atomic mass is 16.4. The third-order valence-electron chi connectivity index (χ3n) is 2.37. The third kappa shape index (κ3) is 3.97. The van der Waals surface area contributed by atoms with E-state index in [2.05, 4.69) is 20.5 Å². The van der Waals surface area contributed by atoms with Crippen LogP contribution in [-0.2, 0) is 17.6 Å². The van der Waals surface area contributed by atoms with Gasteiger partial charge in [0.25, 0.3) is 0 Å². The van der Waals surface area contributed by atoms with Crippen LogP contribution in [0.15, 0.2) is 0 Å². The number of rotatable bonds is 6. The number of aryl methyl sites for hydroxylation is 2. The van der Waals surface area contributed by atoms with Crippen LogP contribution >= 0.6 is 0 Å². The highest BCUT2D eigenvalue weighted by Crippen LogP contribution is 2.08. The van der Waals surface area contributed by atoms with Crippen molar-refractivity contribution in [1.82, 2.24) is 15.2 Å². The number of carbonyl (C=O) groups is 1. The second-order valence-corrected chi connectivity index (χ2v) is 3.88. The monoisotopic (exact) mass is 238 g/mol. The molecule has 94 valence electrons. The number of carboxylic acid groups (broad SMARTS) is 1. The Hall–Kier alpha value is -1.72. The van der Waals surface area contributed by atoms with Gasteiger partial charge in [0.1, 0.15) is 0 Å². The molecule has 1 unspecified atom stereocenters. The van der Waals surface area contributed by atoms with Crippen molar-refractivity contribution in [2.45, 2.75) is 46.1 Å². The molecular weight excluding hydrogens is 220 g/mol. The van der Waals surface area contributed by atoms with Crippen molar-refractivity contribution in [3.8, 4) is 0 Å². The van der Waals surface area contributed by atoms with E-state index in [1.807, 2.05) is 13.8 Å². The van der Waals surface area contributed by atoms with Crippen LogP contribution in [-0.4, -0.2) is 32.3 Å². The van der Waals surface area contributed by atoms with Crippen LogP contribution in [0, 0.1) is 0 Å². The predicted octanol–water partition coefficient (Wildman–Crippen LogP) is 1.27. The molecule has 0 saturated heterocycles. The summed E-state index contributed by atoms with van der Waals surface area (Å²) >= 11 is 0. The summed E-state index contributed by atoms with van der Waals surface area (Å²) in [5.74, 6) is -0.452. The quantitative estimate of drug-likeness (QED) is 0.776. The van der Waals surface area contributed by atoms with Gasteiger partial charge in [0.15, 0.2) is 0 Å². The molecule has 1 aromatic heterocycles. The highest BCUT2D eigenvalue weighted by molar-refractivity contribution is 5.67. The van der Waals surface area contributed by atoms with E-state index in [0.29, 0.717) is 5.95 Å². The lowest BCUT2D eigenvalue weighted by Crippen LogP contribution is -2.21. The van der Waals surface area contributed by atoms with Crippen molar-refractivity contribution >= 4 is 11.9 Å². The molecule has 0 aliphatic rings.